The number of anilines is 1. The molecule has 1 heterocycles. The molecule has 1 fully saturated rings. The molecule has 0 unspecified atom stereocenters. The van der Waals surface area contributed by atoms with Crippen LogP contribution in [0.25, 0.3) is 0 Å². The van der Waals surface area contributed by atoms with Crippen molar-refractivity contribution in [3.05, 3.63) is 24.5 Å². The molecule has 2 nitrogen and oxygen atoms in total. The van der Waals surface area contributed by atoms with Crippen LogP contribution in [0.3, 0.4) is 0 Å². The van der Waals surface area contributed by atoms with E-state index in [2.05, 4.69) is 29.1 Å². The highest BCUT2D eigenvalue weighted by Gasteiger charge is 2.22. The van der Waals surface area contributed by atoms with E-state index in [1.165, 1.54) is 25.1 Å². The Balaban J connectivity index is 1.98. The van der Waals surface area contributed by atoms with E-state index in [-0.39, 0.29) is 0 Å². The van der Waals surface area contributed by atoms with Crippen LogP contribution in [-0.2, 0) is 0 Å². The second kappa shape index (κ2) is 3.13. The zero-order valence-electron chi connectivity index (χ0n) is 7.40. The van der Waals surface area contributed by atoms with Crippen molar-refractivity contribution >= 4 is 5.69 Å². The lowest BCUT2D eigenvalue weighted by Crippen LogP contribution is -2.19. The van der Waals surface area contributed by atoms with Gasteiger partial charge in [0.15, 0.2) is 0 Å². The Morgan fingerprint density at radius 3 is 2.67 bits per heavy atom. The summed E-state index contributed by atoms with van der Waals surface area (Å²) in [6, 6.07) is 4.12. The zero-order valence-corrected chi connectivity index (χ0v) is 7.40. The van der Waals surface area contributed by atoms with Gasteiger partial charge in [-0.2, -0.15) is 0 Å². The lowest BCUT2D eigenvalue weighted by atomic mass is 10.3. The highest BCUT2D eigenvalue weighted by Crippen LogP contribution is 2.30. The molecule has 0 bridgehead atoms. The average molecular weight is 162 g/mol. The molecular weight excluding hydrogens is 148 g/mol. The SMILES string of the molecule is CN(CC1CC1)c1ccncc1. The quantitative estimate of drug-likeness (QED) is 0.675. The van der Waals surface area contributed by atoms with Crippen LogP contribution in [0.2, 0.25) is 0 Å². The van der Waals surface area contributed by atoms with E-state index in [1.54, 1.807) is 0 Å². The van der Waals surface area contributed by atoms with Crippen LogP contribution in [0.15, 0.2) is 24.5 Å². The number of pyridine rings is 1. The van der Waals surface area contributed by atoms with Crippen LogP contribution in [0.1, 0.15) is 12.8 Å². The van der Waals surface area contributed by atoms with Crippen LogP contribution in [0.5, 0.6) is 0 Å². The molecule has 0 N–H and O–H groups in total. The second-order valence-corrected chi connectivity index (χ2v) is 3.53. The van der Waals surface area contributed by atoms with E-state index in [0.717, 1.165) is 5.92 Å². The fourth-order valence-corrected chi connectivity index (χ4v) is 1.39. The number of hydrogen-bond donors (Lipinski definition) is 0. The smallest absolute Gasteiger partial charge is 0.0394 e. The van der Waals surface area contributed by atoms with Crippen molar-refractivity contribution in [3.63, 3.8) is 0 Å². The molecule has 64 valence electrons. The minimum atomic E-state index is 0.947. The van der Waals surface area contributed by atoms with Gasteiger partial charge in [0.2, 0.25) is 0 Å². The number of hydrogen-bond acceptors (Lipinski definition) is 2. The van der Waals surface area contributed by atoms with Gasteiger partial charge in [0.25, 0.3) is 0 Å². The molecule has 0 aromatic carbocycles. The monoisotopic (exact) mass is 162 g/mol. The summed E-state index contributed by atoms with van der Waals surface area (Å²) in [5.74, 6) is 0.947. The van der Waals surface area contributed by atoms with Crippen molar-refractivity contribution in [1.82, 2.24) is 4.98 Å². The van der Waals surface area contributed by atoms with E-state index in [4.69, 9.17) is 0 Å². The Hall–Kier alpha value is -1.05. The molecule has 1 aliphatic rings. The van der Waals surface area contributed by atoms with Crippen LogP contribution in [0.4, 0.5) is 5.69 Å². The minimum Gasteiger partial charge on any atom is -0.374 e. The molecule has 1 saturated carbocycles. The maximum absolute atomic E-state index is 4.00. The third-order valence-electron chi connectivity index (χ3n) is 2.33. The Labute approximate surface area is 73.2 Å². The molecule has 2 rings (SSSR count). The van der Waals surface area contributed by atoms with Crippen LogP contribution >= 0.6 is 0 Å². The summed E-state index contributed by atoms with van der Waals surface area (Å²) in [7, 11) is 2.15. The van der Waals surface area contributed by atoms with E-state index in [9.17, 15) is 0 Å². The molecule has 0 saturated heterocycles. The summed E-state index contributed by atoms with van der Waals surface area (Å²) in [5.41, 5.74) is 1.27. The highest BCUT2D eigenvalue weighted by atomic mass is 15.1. The number of nitrogens with zero attached hydrogens (tertiary/aromatic N) is 2. The van der Waals surface area contributed by atoms with E-state index >= 15 is 0 Å². The minimum absolute atomic E-state index is 0.947. The largest absolute Gasteiger partial charge is 0.374 e. The van der Waals surface area contributed by atoms with E-state index < -0.39 is 0 Å². The standard InChI is InChI=1S/C10H14N2/c1-12(8-9-2-3-9)10-4-6-11-7-5-10/h4-7,9H,2-3,8H2,1H3. The van der Waals surface area contributed by atoms with E-state index in [0.29, 0.717) is 0 Å². The van der Waals surface area contributed by atoms with Crippen LogP contribution in [0, 0.1) is 5.92 Å². The third kappa shape index (κ3) is 1.76. The van der Waals surface area contributed by atoms with Crippen molar-refractivity contribution in [2.24, 2.45) is 5.92 Å². The molecule has 1 aromatic heterocycles. The average Bonchev–Trinajstić information content (AvgIpc) is 2.90. The maximum atomic E-state index is 4.00. The molecule has 1 aliphatic carbocycles. The maximum Gasteiger partial charge on any atom is 0.0394 e. The first-order chi connectivity index (χ1) is 5.86. The second-order valence-electron chi connectivity index (χ2n) is 3.53. The predicted molar refractivity (Wildman–Crippen MR) is 50.2 cm³/mol. The lowest BCUT2D eigenvalue weighted by molar-refractivity contribution is 0.787. The van der Waals surface area contributed by atoms with Crippen LogP contribution in [-0.4, -0.2) is 18.6 Å². The van der Waals surface area contributed by atoms with E-state index in [1.807, 2.05) is 12.4 Å². The molecule has 0 aliphatic heterocycles. The molecular formula is C10H14N2. The van der Waals surface area contributed by atoms with Gasteiger partial charge in [-0.15, -0.1) is 0 Å². The summed E-state index contributed by atoms with van der Waals surface area (Å²) >= 11 is 0. The predicted octanol–water partition coefficient (Wildman–Crippen LogP) is 1.93. The van der Waals surface area contributed by atoms with Crippen molar-refractivity contribution in [3.8, 4) is 0 Å². The van der Waals surface area contributed by atoms with Crippen molar-refractivity contribution in [1.29, 1.82) is 0 Å². The molecule has 0 spiro atoms. The fourth-order valence-electron chi connectivity index (χ4n) is 1.39. The normalized spacial score (nSPS) is 16.1. The zero-order chi connectivity index (χ0) is 8.39. The Morgan fingerprint density at radius 1 is 1.42 bits per heavy atom. The van der Waals surface area contributed by atoms with Gasteiger partial charge in [0.05, 0.1) is 0 Å². The molecule has 0 atom stereocenters. The molecule has 12 heavy (non-hydrogen) atoms. The summed E-state index contributed by atoms with van der Waals surface area (Å²) in [5, 5.41) is 0. The third-order valence-corrected chi connectivity index (χ3v) is 2.33. The summed E-state index contributed by atoms with van der Waals surface area (Å²) in [6.07, 6.45) is 6.52. The van der Waals surface area contributed by atoms with Gasteiger partial charge in [-0.1, -0.05) is 0 Å². The van der Waals surface area contributed by atoms with Gasteiger partial charge in [0.1, 0.15) is 0 Å². The van der Waals surface area contributed by atoms with Gasteiger partial charge in [-0.3, -0.25) is 4.98 Å². The topological polar surface area (TPSA) is 16.1 Å². The Kier molecular flexibility index (Phi) is 1.98. The number of rotatable bonds is 3. The Morgan fingerprint density at radius 2 is 2.08 bits per heavy atom. The summed E-state index contributed by atoms with van der Waals surface area (Å²) in [6.45, 7) is 1.20. The van der Waals surface area contributed by atoms with Gasteiger partial charge >= 0.3 is 0 Å². The first-order valence-electron chi connectivity index (χ1n) is 4.47. The van der Waals surface area contributed by atoms with Gasteiger partial charge in [-0.25, -0.2) is 0 Å². The van der Waals surface area contributed by atoms with Crippen molar-refractivity contribution in [2.75, 3.05) is 18.5 Å². The molecule has 0 radical (unpaired) electrons. The van der Waals surface area contributed by atoms with Gasteiger partial charge in [-0.05, 0) is 30.9 Å². The lowest BCUT2D eigenvalue weighted by Gasteiger charge is -2.18. The first-order valence-corrected chi connectivity index (χ1v) is 4.47. The fraction of sp³-hybridized carbons (Fsp3) is 0.500. The van der Waals surface area contributed by atoms with Crippen molar-refractivity contribution < 1.29 is 0 Å². The molecule has 0 amide bonds. The first kappa shape index (κ1) is 7.59. The van der Waals surface area contributed by atoms with Crippen LogP contribution < -0.4 is 4.90 Å². The Bertz CT molecular complexity index is 241. The molecule has 1 aromatic rings. The van der Waals surface area contributed by atoms with Gasteiger partial charge < -0.3 is 4.90 Å². The summed E-state index contributed by atoms with van der Waals surface area (Å²) < 4.78 is 0. The van der Waals surface area contributed by atoms with Crippen molar-refractivity contribution in [2.45, 2.75) is 12.8 Å². The van der Waals surface area contributed by atoms with Gasteiger partial charge in [0, 0.05) is 31.7 Å². The number of aromatic nitrogens is 1. The summed E-state index contributed by atoms with van der Waals surface area (Å²) in [4.78, 5) is 6.30. The highest BCUT2D eigenvalue weighted by molar-refractivity contribution is 5.43. The molecule has 2 heteroatoms.